The molecule has 12 heteroatoms. The van der Waals surface area contributed by atoms with Gasteiger partial charge < -0.3 is 20.7 Å². The molecule has 0 spiro atoms. The van der Waals surface area contributed by atoms with Crippen LogP contribution in [0.25, 0.3) is 11.8 Å². The number of thiazole rings is 1. The van der Waals surface area contributed by atoms with Crippen LogP contribution in [0.3, 0.4) is 0 Å². The summed E-state index contributed by atoms with van der Waals surface area (Å²) in [7, 11) is 0. The summed E-state index contributed by atoms with van der Waals surface area (Å²) in [6.45, 7) is 6.96. The fourth-order valence-electron chi connectivity index (χ4n) is 3.54. The van der Waals surface area contributed by atoms with Crippen molar-refractivity contribution in [3.8, 4) is 12.1 Å². The molecule has 0 saturated carbocycles. The first-order valence-corrected chi connectivity index (χ1v) is 12.0. The molecule has 0 atom stereocenters. The van der Waals surface area contributed by atoms with Gasteiger partial charge in [-0.1, -0.05) is 6.07 Å². The summed E-state index contributed by atoms with van der Waals surface area (Å²) in [5.41, 5.74) is 0.422. The number of nitrogens with zero attached hydrogens (tertiary/aromatic N) is 4. The summed E-state index contributed by atoms with van der Waals surface area (Å²) < 4.78 is 7.29. The minimum absolute atomic E-state index is 0.169. The molecule has 1 saturated heterocycles. The van der Waals surface area contributed by atoms with Crippen LogP contribution < -0.4 is 30.7 Å². The number of amides is 2. The quantitative estimate of drug-likeness (QED) is 0.424. The largest absolute Gasteiger partial charge is 0.364 e. The third-order valence-corrected chi connectivity index (χ3v) is 6.64. The number of carbonyl (C=O) groups excluding carboxylic acids is 2. The smallest absolute Gasteiger partial charge is 0.270 e. The number of carbonyl (C=O) groups is 2. The van der Waals surface area contributed by atoms with E-state index in [9.17, 15) is 19.6 Å². The van der Waals surface area contributed by atoms with E-state index in [1.54, 1.807) is 37.3 Å². The molecule has 0 aliphatic carbocycles. The molecule has 0 unspecified atom stereocenters. The number of anilines is 2. The second-order valence-electron chi connectivity index (χ2n) is 8.55. The molecule has 188 valence electrons. The van der Waals surface area contributed by atoms with E-state index >= 15 is 0 Å². The van der Waals surface area contributed by atoms with E-state index in [2.05, 4.69) is 16.0 Å². The van der Waals surface area contributed by atoms with Crippen molar-refractivity contribution in [1.82, 2.24) is 14.8 Å². The minimum atomic E-state index is -0.714. The average molecular weight is 510 g/mol. The summed E-state index contributed by atoms with van der Waals surface area (Å²) in [6.07, 6.45) is 1.50. The van der Waals surface area contributed by atoms with Gasteiger partial charge in [0, 0.05) is 29.7 Å². The van der Waals surface area contributed by atoms with Crippen molar-refractivity contribution in [3.63, 3.8) is 0 Å². The van der Waals surface area contributed by atoms with Gasteiger partial charge in [0.05, 0.1) is 19.2 Å². The molecular formula is C24H27N7O4S. The summed E-state index contributed by atoms with van der Waals surface area (Å²) in [4.78, 5) is 39.6. The Kier molecular flexibility index (Phi) is 8.61. The summed E-state index contributed by atoms with van der Waals surface area (Å²) in [5.74, 6) is -0.882. The Balaban J connectivity index is 1.81. The lowest BCUT2D eigenvalue weighted by Crippen LogP contribution is -2.44. The molecule has 3 N–H and O–H groups in total. The predicted octanol–water partition coefficient (Wildman–Crippen LogP) is 0.101. The minimum Gasteiger partial charge on any atom is -0.364 e. The van der Waals surface area contributed by atoms with E-state index in [1.807, 2.05) is 24.8 Å². The first-order valence-electron chi connectivity index (χ1n) is 11.2. The van der Waals surface area contributed by atoms with Crippen LogP contribution in [0, 0.1) is 22.7 Å². The first kappa shape index (κ1) is 26.6. The molecule has 1 aromatic carbocycles. The molecule has 2 heterocycles. The van der Waals surface area contributed by atoms with Crippen molar-refractivity contribution in [2.24, 2.45) is 0 Å². The molecule has 36 heavy (non-hydrogen) atoms. The number of benzene rings is 1. The van der Waals surface area contributed by atoms with Gasteiger partial charge in [0.15, 0.2) is 5.57 Å². The third-order valence-electron chi connectivity index (χ3n) is 5.51. The van der Waals surface area contributed by atoms with Crippen LogP contribution >= 0.6 is 11.3 Å². The topological polar surface area (TPSA) is 152 Å². The normalized spacial score (nSPS) is 16.1. The lowest BCUT2D eigenvalue weighted by atomic mass is 10.1. The van der Waals surface area contributed by atoms with Crippen LogP contribution in [0.15, 0.2) is 29.1 Å². The van der Waals surface area contributed by atoms with Gasteiger partial charge in [0.2, 0.25) is 5.91 Å². The van der Waals surface area contributed by atoms with E-state index in [-0.39, 0.29) is 46.9 Å². The second kappa shape index (κ2) is 11.6. The van der Waals surface area contributed by atoms with Crippen molar-refractivity contribution < 1.29 is 14.3 Å². The van der Waals surface area contributed by atoms with Crippen LogP contribution in [-0.2, 0) is 20.9 Å². The Morgan fingerprint density at radius 3 is 2.67 bits per heavy atom. The highest BCUT2D eigenvalue weighted by Gasteiger charge is 2.34. The maximum Gasteiger partial charge on any atom is 0.270 e. The van der Waals surface area contributed by atoms with Gasteiger partial charge in [0.25, 0.3) is 11.5 Å². The zero-order valence-electron chi connectivity index (χ0n) is 20.3. The molecule has 1 aliphatic heterocycles. The summed E-state index contributed by atoms with van der Waals surface area (Å²) in [5, 5.41) is 26.4. The number of nitriles is 2. The van der Waals surface area contributed by atoms with Gasteiger partial charge in [-0.05, 0) is 39.0 Å². The van der Waals surface area contributed by atoms with Gasteiger partial charge in [-0.2, -0.15) is 10.5 Å². The standard InChI is InChI=1S/C24H27N7O4S/c1-4-31-22(34)19(36-23(31)18(11-26)21(33)27-9-8-25)12-28-16-6-5-7-17(10-16)29-20(32)13-30-15-35-14-24(30,2)3/h5-7,10,12,28H,4,9,13-15H2,1-3H3,(H,27,33)(H,29,32). The summed E-state index contributed by atoms with van der Waals surface area (Å²) in [6, 6.07) is 10.6. The number of aromatic nitrogens is 1. The molecule has 11 nitrogen and oxygen atoms in total. The average Bonchev–Trinajstić information content (AvgIpc) is 3.34. The third kappa shape index (κ3) is 6.17. The van der Waals surface area contributed by atoms with Crippen molar-refractivity contribution in [3.05, 3.63) is 43.8 Å². The van der Waals surface area contributed by atoms with Crippen molar-refractivity contribution in [2.75, 3.05) is 37.1 Å². The van der Waals surface area contributed by atoms with Gasteiger partial charge in [-0.3, -0.25) is 23.9 Å². The Labute approximate surface area is 211 Å². The van der Waals surface area contributed by atoms with E-state index < -0.39 is 5.91 Å². The monoisotopic (exact) mass is 509 g/mol. The highest BCUT2D eigenvalue weighted by molar-refractivity contribution is 7.07. The van der Waals surface area contributed by atoms with Crippen molar-refractivity contribution in [1.29, 1.82) is 10.5 Å². The highest BCUT2D eigenvalue weighted by Crippen LogP contribution is 2.21. The number of hydrogen-bond acceptors (Lipinski definition) is 9. The maximum absolute atomic E-state index is 12.9. The molecule has 1 aliphatic rings. The van der Waals surface area contributed by atoms with E-state index in [0.717, 1.165) is 11.3 Å². The Bertz CT molecular complexity index is 1410. The zero-order valence-corrected chi connectivity index (χ0v) is 21.1. The van der Waals surface area contributed by atoms with Crippen molar-refractivity contribution in [2.45, 2.75) is 32.9 Å². The van der Waals surface area contributed by atoms with Crippen LogP contribution in [0.5, 0.6) is 0 Å². The fraction of sp³-hybridized carbons (Fsp3) is 0.375. The Morgan fingerprint density at radius 2 is 2.03 bits per heavy atom. The Morgan fingerprint density at radius 1 is 1.28 bits per heavy atom. The number of rotatable bonds is 8. The van der Waals surface area contributed by atoms with Gasteiger partial charge in [0.1, 0.15) is 28.5 Å². The van der Waals surface area contributed by atoms with Gasteiger partial charge >= 0.3 is 0 Å². The van der Waals surface area contributed by atoms with E-state index in [0.29, 0.717) is 29.2 Å². The molecule has 1 fully saturated rings. The Hall–Kier alpha value is -3.97. The maximum atomic E-state index is 12.9. The molecule has 3 rings (SSSR count). The first-order chi connectivity index (χ1) is 17.2. The number of nitrogens with one attached hydrogen (secondary N) is 3. The number of ether oxygens (including phenoxy) is 1. The van der Waals surface area contributed by atoms with Gasteiger partial charge in [-0.25, -0.2) is 0 Å². The molecule has 0 bridgehead atoms. The SMILES string of the molecule is CCn1c(=C(C#N)C(=O)NCC#N)sc(=CNc2cccc(NC(=O)CN3COCC3(C)C)c2)c1=O. The van der Waals surface area contributed by atoms with Crippen LogP contribution in [0.1, 0.15) is 20.8 Å². The van der Waals surface area contributed by atoms with E-state index in [4.69, 9.17) is 10.00 Å². The lowest BCUT2D eigenvalue weighted by Gasteiger charge is -2.28. The molecular weight excluding hydrogens is 482 g/mol. The predicted molar refractivity (Wildman–Crippen MR) is 136 cm³/mol. The number of hydrogen-bond donors (Lipinski definition) is 3. The van der Waals surface area contributed by atoms with Crippen LogP contribution in [0.2, 0.25) is 0 Å². The zero-order chi connectivity index (χ0) is 26.3. The second-order valence-corrected chi connectivity index (χ2v) is 9.58. The molecule has 0 radical (unpaired) electrons. The lowest BCUT2D eigenvalue weighted by molar-refractivity contribution is -0.118. The van der Waals surface area contributed by atoms with Crippen LogP contribution in [-0.4, -0.2) is 53.2 Å². The van der Waals surface area contributed by atoms with E-state index in [1.165, 1.54) is 10.8 Å². The fourth-order valence-corrected chi connectivity index (χ4v) is 4.62. The van der Waals surface area contributed by atoms with Crippen molar-refractivity contribution >= 4 is 46.3 Å². The molecule has 2 aromatic rings. The van der Waals surface area contributed by atoms with Crippen LogP contribution in [0.4, 0.5) is 11.4 Å². The molecule has 2 amide bonds. The highest BCUT2D eigenvalue weighted by atomic mass is 32.1. The van der Waals surface area contributed by atoms with Gasteiger partial charge in [-0.15, -0.1) is 11.3 Å². The summed E-state index contributed by atoms with van der Waals surface area (Å²) >= 11 is 0.999. The molecule has 1 aromatic heterocycles.